The topological polar surface area (TPSA) is 221 Å². The van der Waals surface area contributed by atoms with Crippen LogP contribution in [0.4, 0.5) is 0 Å². The molecule has 1 saturated heterocycles. The Morgan fingerprint density at radius 1 is 0.917 bits per heavy atom. The van der Waals surface area contributed by atoms with Crippen molar-refractivity contribution >= 4 is 35.6 Å². The van der Waals surface area contributed by atoms with Gasteiger partial charge in [-0.15, -0.1) is 0 Å². The first-order valence-electron chi connectivity index (χ1n) is 19.9. The minimum atomic E-state index is -2.36. The van der Waals surface area contributed by atoms with E-state index in [1.54, 1.807) is 81.4 Å². The monoisotopic (exact) mass is 831 g/mol. The summed E-state index contributed by atoms with van der Waals surface area (Å²) < 4.78 is 30.1. The number of ketones is 1. The lowest BCUT2D eigenvalue weighted by atomic mass is 9.44. The highest BCUT2D eigenvalue weighted by Gasteiger charge is 2.78. The number of Topliss-reactive ketones (excluding diaryl/α,β-unsaturated/α-hetero) is 1. The minimum Gasteiger partial charge on any atom is -0.456 e. The molecule has 1 aliphatic heterocycles. The number of esters is 4. The van der Waals surface area contributed by atoms with Crippen molar-refractivity contribution in [2.45, 2.75) is 122 Å². The molecular weight excluding hydrogens is 778 g/mol. The van der Waals surface area contributed by atoms with Crippen LogP contribution in [-0.2, 0) is 47.7 Å². The van der Waals surface area contributed by atoms with Gasteiger partial charge in [-0.1, -0.05) is 68.5 Å². The predicted molar refractivity (Wildman–Crippen MR) is 211 cm³/mol. The first kappa shape index (κ1) is 44.3. The summed E-state index contributed by atoms with van der Waals surface area (Å²) in [6.45, 7) is 11.1. The fraction of sp³-hybridized carbons (Fsp3) is 0.511. The van der Waals surface area contributed by atoms with Crippen LogP contribution in [0.25, 0.3) is 0 Å². The Labute approximate surface area is 348 Å². The summed E-state index contributed by atoms with van der Waals surface area (Å²) >= 11 is 0. The van der Waals surface area contributed by atoms with Gasteiger partial charge in [-0.2, -0.15) is 0 Å². The molecule has 2 saturated carbocycles. The van der Waals surface area contributed by atoms with E-state index in [0.29, 0.717) is 5.56 Å². The molecule has 2 aromatic carbocycles. The summed E-state index contributed by atoms with van der Waals surface area (Å²) in [7, 11) is 0. The number of allylic oxidation sites excluding steroid dienone is 1. The first-order chi connectivity index (χ1) is 28.1. The molecule has 2 bridgehead atoms. The Bertz CT molecular complexity index is 2110. The lowest BCUT2D eigenvalue weighted by Gasteiger charge is -2.67. The van der Waals surface area contributed by atoms with Crippen LogP contribution in [-0.4, -0.2) is 105 Å². The van der Waals surface area contributed by atoms with Gasteiger partial charge in [0.05, 0.1) is 30.1 Å². The summed E-state index contributed by atoms with van der Waals surface area (Å²) in [6.07, 6.45) is -8.91. The maximum absolute atomic E-state index is 15.4. The second-order valence-electron chi connectivity index (χ2n) is 17.0. The van der Waals surface area contributed by atoms with Crippen molar-refractivity contribution in [1.29, 1.82) is 0 Å². The second-order valence-corrected chi connectivity index (χ2v) is 17.0. The molecule has 6 rings (SSSR count). The average molecular weight is 832 g/mol. The van der Waals surface area contributed by atoms with Gasteiger partial charge in [-0.05, 0) is 56.5 Å². The largest absolute Gasteiger partial charge is 0.456 e. The third-order valence-corrected chi connectivity index (χ3v) is 13.2. The Hall–Kier alpha value is -5.22. The molecule has 0 spiro atoms. The summed E-state index contributed by atoms with van der Waals surface area (Å²) in [6, 6.07) is 15.1. The molecule has 322 valence electrons. The lowest BCUT2D eigenvalue weighted by Crippen LogP contribution is -2.82. The Kier molecular flexibility index (Phi) is 12.1. The van der Waals surface area contributed by atoms with Gasteiger partial charge in [-0.25, -0.2) is 9.59 Å². The van der Waals surface area contributed by atoms with E-state index in [9.17, 15) is 39.3 Å². The molecule has 3 aliphatic carbocycles. The number of hydrogen-bond acceptors (Lipinski definition) is 14. The van der Waals surface area contributed by atoms with Crippen molar-refractivity contribution < 1.29 is 67.8 Å². The highest BCUT2D eigenvalue weighted by molar-refractivity contribution is 5.96. The van der Waals surface area contributed by atoms with E-state index in [4.69, 9.17) is 23.7 Å². The number of aliphatic hydroxyl groups excluding tert-OH is 2. The van der Waals surface area contributed by atoms with Crippen molar-refractivity contribution in [3.05, 3.63) is 94.6 Å². The van der Waals surface area contributed by atoms with Crippen LogP contribution in [0.15, 0.2) is 83.5 Å². The van der Waals surface area contributed by atoms with Gasteiger partial charge in [0, 0.05) is 43.2 Å². The summed E-state index contributed by atoms with van der Waals surface area (Å²) in [5.74, 6) is -6.76. The van der Waals surface area contributed by atoms with Crippen molar-refractivity contribution in [2.24, 2.45) is 16.7 Å². The molecule has 2 aromatic rings. The number of rotatable bonds is 10. The second kappa shape index (κ2) is 16.3. The standard InChI is InChI=1S/C45H53NO14/c1-9-23(2)40(53)59-38-36-43(8,30(49)20-31-44(36,22-56-31)60-26(5)48)37(51)35(57-25(4)47)32-24(3)29(21-45(38,55)42(32,6)7)58-41(54)34(50)33(27-16-12-10-13-17-27)46-39(52)28-18-14-11-15-19-28/h9-19,29-31,33-36,38,49-50,55H,20-22H2,1-8H3,(H,46,52)/b23-9+/t29-,30-,31+,33+,34+,35+,36-,38-,43+,44-,45+/m0/s1. The van der Waals surface area contributed by atoms with E-state index >= 15 is 4.79 Å². The SMILES string of the molecule is C/C=C(\C)C(=O)O[C@H]1[C@@H]2[C@]3(OC(C)=O)CO[C@@H]3C[C@H](O)[C@@]2(C)C(=O)[C@H](OC(C)=O)C2=C(C)[C@@H](OC(=O)[C@H](O)[C@H](NC(=O)c3ccccc3)c3ccccc3)C[C@]1(O)C2(C)C. The van der Waals surface area contributed by atoms with Crippen LogP contribution in [0.1, 0.15) is 90.2 Å². The van der Waals surface area contributed by atoms with Crippen molar-refractivity contribution in [1.82, 2.24) is 5.32 Å². The van der Waals surface area contributed by atoms with Crippen LogP contribution >= 0.6 is 0 Å². The first-order valence-corrected chi connectivity index (χ1v) is 19.9. The normalized spacial score (nSPS) is 32.9. The highest BCUT2D eigenvalue weighted by atomic mass is 16.6. The van der Waals surface area contributed by atoms with Gasteiger partial charge in [0.15, 0.2) is 23.6 Å². The Balaban J connectivity index is 1.53. The lowest BCUT2D eigenvalue weighted by molar-refractivity contribution is -0.347. The highest BCUT2D eigenvalue weighted by Crippen LogP contribution is 2.64. The molecular formula is C45H53NO14. The molecule has 15 nitrogen and oxygen atoms in total. The van der Waals surface area contributed by atoms with Gasteiger partial charge in [0.1, 0.15) is 23.9 Å². The molecule has 3 fully saturated rings. The van der Waals surface area contributed by atoms with Gasteiger partial charge in [0.2, 0.25) is 0 Å². The summed E-state index contributed by atoms with van der Waals surface area (Å²) in [5.41, 5.74) is -6.85. The quantitative estimate of drug-likeness (QED) is 0.117. The number of amides is 1. The van der Waals surface area contributed by atoms with Gasteiger partial charge in [0.25, 0.3) is 5.91 Å². The zero-order valence-corrected chi connectivity index (χ0v) is 34.9. The zero-order chi connectivity index (χ0) is 44.1. The van der Waals surface area contributed by atoms with E-state index in [0.717, 1.165) is 13.8 Å². The number of ether oxygens (including phenoxy) is 5. The number of fused-ring (bicyclic) bond motifs is 5. The van der Waals surface area contributed by atoms with E-state index in [2.05, 4.69) is 5.32 Å². The fourth-order valence-electron chi connectivity index (χ4n) is 9.75. The molecule has 4 N–H and O–H groups in total. The van der Waals surface area contributed by atoms with Crippen molar-refractivity contribution in [2.75, 3.05) is 6.61 Å². The third-order valence-electron chi connectivity index (χ3n) is 13.2. The number of carbonyl (C=O) groups excluding carboxylic acids is 6. The van der Waals surface area contributed by atoms with Crippen LogP contribution in [0, 0.1) is 16.7 Å². The number of nitrogens with one attached hydrogen (secondary N) is 1. The number of carbonyl (C=O) groups is 6. The predicted octanol–water partition coefficient (Wildman–Crippen LogP) is 3.39. The molecule has 4 aliphatic rings. The zero-order valence-electron chi connectivity index (χ0n) is 34.9. The minimum absolute atomic E-state index is 0.00456. The van der Waals surface area contributed by atoms with Crippen LogP contribution < -0.4 is 5.32 Å². The molecule has 1 amide bonds. The van der Waals surface area contributed by atoms with Gasteiger partial charge in [-0.3, -0.25) is 19.2 Å². The molecule has 0 aromatic heterocycles. The number of benzene rings is 2. The molecule has 0 unspecified atom stereocenters. The molecule has 15 heteroatoms. The van der Waals surface area contributed by atoms with E-state index in [-0.39, 0.29) is 35.3 Å². The maximum atomic E-state index is 15.4. The smallest absolute Gasteiger partial charge is 0.338 e. The molecule has 1 heterocycles. The summed E-state index contributed by atoms with van der Waals surface area (Å²) in [5, 5.41) is 40.0. The van der Waals surface area contributed by atoms with Gasteiger partial charge < -0.3 is 44.3 Å². The Morgan fingerprint density at radius 2 is 1.53 bits per heavy atom. The third kappa shape index (κ3) is 7.24. The van der Waals surface area contributed by atoms with E-state index < -0.39 is 113 Å². The Morgan fingerprint density at radius 3 is 2.08 bits per heavy atom. The van der Waals surface area contributed by atoms with Crippen molar-refractivity contribution in [3.63, 3.8) is 0 Å². The summed E-state index contributed by atoms with van der Waals surface area (Å²) in [4.78, 5) is 82.8. The van der Waals surface area contributed by atoms with Crippen molar-refractivity contribution in [3.8, 4) is 0 Å². The number of aliphatic hydroxyl groups is 3. The molecule has 60 heavy (non-hydrogen) atoms. The van der Waals surface area contributed by atoms with Crippen LogP contribution in [0.3, 0.4) is 0 Å². The van der Waals surface area contributed by atoms with E-state index in [1.165, 1.54) is 26.8 Å². The maximum Gasteiger partial charge on any atom is 0.338 e. The van der Waals surface area contributed by atoms with Crippen LogP contribution in [0.5, 0.6) is 0 Å². The average Bonchev–Trinajstić information content (AvgIpc) is 3.20. The molecule has 11 atom stereocenters. The van der Waals surface area contributed by atoms with Gasteiger partial charge >= 0.3 is 23.9 Å². The molecule has 0 radical (unpaired) electrons. The number of hydrogen-bond donors (Lipinski definition) is 4. The van der Waals surface area contributed by atoms with E-state index in [1.807, 2.05) is 0 Å². The fourth-order valence-corrected chi connectivity index (χ4v) is 9.75. The van der Waals surface area contributed by atoms with Crippen LogP contribution in [0.2, 0.25) is 0 Å².